The number of hydrogen-bond acceptors (Lipinski definition) is 4. The summed E-state index contributed by atoms with van der Waals surface area (Å²) in [6.07, 6.45) is 3.25. The van der Waals surface area contributed by atoms with Crippen LogP contribution in [0.25, 0.3) is 11.1 Å². The number of piperidine rings is 1. The third-order valence-electron chi connectivity index (χ3n) is 7.80. The molecule has 0 unspecified atom stereocenters. The summed E-state index contributed by atoms with van der Waals surface area (Å²) < 4.78 is 5.60. The van der Waals surface area contributed by atoms with Crippen molar-refractivity contribution < 1.29 is 24.2 Å². The molecule has 7 nitrogen and oxygen atoms in total. The topological polar surface area (TPSA) is 95.9 Å². The molecular formula is C28H32N2O5. The lowest BCUT2D eigenvalue weighted by atomic mass is 9.73. The van der Waals surface area contributed by atoms with Gasteiger partial charge in [-0.25, -0.2) is 4.79 Å². The first-order valence-electron chi connectivity index (χ1n) is 12.6. The standard InChI is InChI=1S/C28H32N2O5/c31-26(30-11-5-6-20(16-30)27(32)33)14-18-12-19(13-18)15-29-28(34)35-17-25-23-9-3-1-7-21(23)22-8-2-4-10-24(22)25/h1-4,7-10,18-20,25H,5-6,11-17H2,(H,29,34)(H,32,33)/t18?,19?,20-/m1/s1. The number of benzene rings is 2. The summed E-state index contributed by atoms with van der Waals surface area (Å²) in [4.78, 5) is 37.9. The van der Waals surface area contributed by atoms with Gasteiger partial charge in [-0.1, -0.05) is 48.5 Å². The number of alkyl carbamates (subject to hydrolysis) is 1. The molecule has 2 amide bonds. The Bertz CT molecular complexity index is 1060. The predicted molar refractivity (Wildman–Crippen MR) is 131 cm³/mol. The second kappa shape index (κ2) is 10.1. The molecule has 1 heterocycles. The van der Waals surface area contributed by atoms with Crippen molar-refractivity contribution in [1.82, 2.24) is 10.2 Å². The maximum Gasteiger partial charge on any atom is 0.407 e. The minimum Gasteiger partial charge on any atom is -0.481 e. The number of carboxylic acids is 1. The van der Waals surface area contributed by atoms with Gasteiger partial charge < -0.3 is 20.1 Å². The number of nitrogens with zero attached hydrogens (tertiary/aromatic N) is 1. The number of carbonyl (C=O) groups is 3. The summed E-state index contributed by atoms with van der Waals surface area (Å²) in [5, 5.41) is 12.1. The van der Waals surface area contributed by atoms with Crippen LogP contribution in [0.2, 0.25) is 0 Å². The molecule has 35 heavy (non-hydrogen) atoms. The van der Waals surface area contributed by atoms with Crippen LogP contribution >= 0.6 is 0 Å². The third kappa shape index (κ3) is 5.04. The molecule has 2 N–H and O–H groups in total. The van der Waals surface area contributed by atoms with Gasteiger partial charge in [0, 0.05) is 32.0 Å². The average Bonchev–Trinajstić information content (AvgIpc) is 3.17. The first-order chi connectivity index (χ1) is 17.0. The van der Waals surface area contributed by atoms with Crippen molar-refractivity contribution in [3.63, 3.8) is 0 Å². The van der Waals surface area contributed by atoms with E-state index in [4.69, 9.17) is 4.74 Å². The maximum absolute atomic E-state index is 12.6. The molecule has 2 aromatic carbocycles. The highest BCUT2D eigenvalue weighted by Crippen LogP contribution is 2.44. The lowest BCUT2D eigenvalue weighted by molar-refractivity contribution is -0.146. The predicted octanol–water partition coefficient (Wildman–Crippen LogP) is 4.26. The van der Waals surface area contributed by atoms with Crippen LogP contribution in [0.3, 0.4) is 0 Å². The van der Waals surface area contributed by atoms with Crippen molar-refractivity contribution in [2.24, 2.45) is 17.8 Å². The number of amides is 2. The van der Waals surface area contributed by atoms with Gasteiger partial charge in [-0.3, -0.25) is 9.59 Å². The molecule has 1 aliphatic heterocycles. The zero-order chi connectivity index (χ0) is 24.4. The van der Waals surface area contributed by atoms with E-state index in [2.05, 4.69) is 29.6 Å². The first kappa shape index (κ1) is 23.4. The summed E-state index contributed by atoms with van der Waals surface area (Å²) in [6.45, 7) is 1.83. The van der Waals surface area contributed by atoms with E-state index in [1.165, 1.54) is 22.3 Å². The van der Waals surface area contributed by atoms with E-state index >= 15 is 0 Å². The number of nitrogens with one attached hydrogen (secondary N) is 1. The summed E-state index contributed by atoms with van der Waals surface area (Å²) >= 11 is 0. The van der Waals surface area contributed by atoms with Crippen LogP contribution in [0, 0.1) is 17.8 Å². The molecule has 3 aliphatic rings. The minimum absolute atomic E-state index is 0.0442. The molecule has 1 atom stereocenters. The number of carboxylic acid groups (broad SMARTS) is 1. The number of ether oxygens (including phenoxy) is 1. The monoisotopic (exact) mass is 476 g/mol. The van der Waals surface area contributed by atoms with Gasteiger partial charge in [-0.05, 0) is 59.8 Å². The molecule has 1 saturated heterocycles. The highest BCUT2D eigenvalue weighted by Gasteiger charge is 2.34. The van der Waals surface area contributed by atoms with Gasteiger partial charge in [0.2, 0.25) is 5.91 Å². The lowest BCUT2D eigenvalue weighted by Crippen LogP contribution is -2.44. The van der Waals surface area contributed by atoms with Gasteiger partial charge in [0.1, 0.15) is 6.61 Å². The Morgan fingerprint density at radius 2 is 1.63 bits per heavy atom. The van der Waals surface area contributed by atoms with Crippen LogP contribution in [0.15, 0.2) is 48.5 Å². The molecule has 0 aromatic heterocycles. The van der Waals surface area contributed by atoms with Crippen molar-refractivity contribution in [3.05, 3.63) is 59.7 Å². The van der Waals surface area contributed by atoms with Gasteiger partial charge in [0.15, 0.2) is 0 Å². The van der Waals surface area contributed by atoms with E-state index in [9.17, 15) is 19.5 Å². The van der Waals surface area contributed by atoms with E-state index in [1.54, 1.807) is 4.90 Å². The Morgan fingerprint density at radius 1 is 0.971 bits per heavy atom. The van der Waals surface area contributed by atoms with E-state index in [0.717, 1.165) is 19.3 Å². The van der Waals surface area contributed by atoms with E-state index in [-0.39, 0.29) is 11.8 Å². The van der Waals surface area contributed by atoms with Crippen molar-refractivity contribution in [2.45, 2.75) is 38.0 Å². The van der Waals surface area contributed by atoms with Crippen molar-refractivity contribution in [3.8, 4) is 11.1 Å². The minimum atomic E-state index is -0.814. The fourth-order valence-electron chi connectivity index (χ4n) is 5.87. The van der Waals surface area contributed by atoms with Crippen molar-refractivity contribution in [1.29, 1.82) is 0 Å². The van der Waals surface area contributed by atoms with Crippen LogP contribution < -0.4 is 5.32 Å². The quantitative estimate of drug-likeness (QED) is 0.622. The van der Waals surface area contributed by atoms with Crippen LogP contribution in [0.1, 0.15) is 49.1 Å². The smallest absolute Gasteiger partial charge is 0.407 e. The number of likely N-dealkylation sites (tertiary alicyclic amines) is 1. The van der Waals surface area contributed by atoms with E-state index < -0.39 is 18.0 Å². The van der Waals surface area contributed by atoms with Crippen LogP contribution in [-0.2, 0) is 14.3 Å². The molecule has 184 valence electrons. The Balaban J connectivity index is 1.03. The molecule has 2 aliphatic carbocycles. The van der Waals surface area contributed by atoms with E-state index in [1.807, 2.05) is 24.3 Å². The fraction of sp³-hybridized carbons (Fsp3) is 0.464. The SMILES string of the molecule is O=C(NCC1CC(CC(=O)N2CCC[C@@H](C(=O)O)C2)C1)OCC1c2ccccc2-c2ccccc21. The normalized spacial score (nSPS) is 23.1. The largest absolute Gasteiger partial charge is 0.481 e. The summed E-state index contributed by atoms with van der Waals surface area (Å²) in [5.41, 5.74) is 4.79. The number of hydrogen-bond donors (Lipinski definition) is 2. The maximum atomic E-state index is 12.6. The molecule has 0 radical (unpaired) electrons. The van der Waals surface area contributed by atoms with Crippen molar-refractivity contribution in [2.75, 3.05) is 26.2 Å². The van der Waals surface area contributed by atoms with Crippen molar-refractivity contribution >= 4 is 18.0 Å². The summed E-state index contributed by atoms with van der Waals surface area (Å²) in [6, 6.07) is 16.5. The number of fused-ring (bicyclic) bond motifs is 3. The third-order valence-corrected chi connectivity index (χ3v) is 7.80. The average molecular weight is 477 g/mol. The highest BCUT2D eigenvalue weighted by atomic mass is 16.5. The molecule has 0 spiro atoms. The first-order valence-corrected chi connectivity index (χ1v) is 12.6. The molecule has 5 rings (SSSR count). The highest BCUT2D eigenvalue weighted by molar-refractivity contribution is 5.79. The molecular weight excluding hydrogens is 444 g/mol. The van der Waals surface area contributed by atoms with Gasteiger partial charge in [-0.2, -0.15) is 0 Å². The Morgan fingerprint density at radius 3 is 2.29 bits per heavy atom. The molecule has 1 saturated carbocycles. The second-order valence-electron chi connectivity index (χ2n) is 10.1. The van der Waals surface area contributed by atoms with Crippen LogP contribution in [0.4, 0.5) is 4.79 Å². The number of aliphatic carboxylic acids is 1. The number of carbonyl (C=O) groups excluding carboxylic acids is 2. The lowest BCUT2D eigenvalue weighted by Gasteiger charge is -2.37. The van der Waals surface area contributed by atoms with Crippen LogP contribution in [-0.4, -0.2) is 54.2 Å². The zero-order valence-corrected chi connectivity index (χ0v) is 19.8. The van der Waals surface area contributed by atoms with Gasteiger partial charge >= 0.3 is 12.1 Å². The molecule has 7 heteroatoms. The number of rotatable bonds is 7. The summed E-state index contributed by atoms with van der Waals surface area (Å²) in [5.74, 6) is -0.496. The molecule has 2 fully saturated rings. The molecule has 2 aromatic rings. The van der Waals surface area contributed by atoms with Gasteiger partial charge in [0.25, 0.3) is 0 Å². The van der Waals surface area contributed by atoms with E-state index in [0.29, 0.717) is 50.9 Å². The fourth-order valence-corrected chi connectivity index (χ4v) is 5.87. The molecule has 0 bridgehead atoms. The van der Waals surface area contributed by atoms with Gasteiger partial charge in [0.05, 0.1) is 5.92 Å². The Labute approximate surface area is 205 Å². The van der Waals surface area contributed by atoms with Crippen LogP contribution in [0.5, 0.6) is 0 Å². The Hall–Kier alpha value is -3.35. The summed E-state index contributed by atoms with van der Waals surface area (Å²) in [7, 11) is 0. The van der Waals surface area contributed by atoms with Gasteiger partial charge in [-0.15, -0.1) is 0 Å². The Kier molecular flexibility index (Phi) is 6.75. The zero-order valence-electron chi connectivity index (χ0n) is 19.8. The second-order valence-corrected chi connectivity index (χ2v) is 10.1.